The molecule has 34 heavy (non-hydrogen) atoms. The molecular formula is C26H32N4O4. The van der Waals surface area contributed by atoms with Gasteiger partial charge in [-0.25, -0.2) is 0 Å². The van der Waals surface area contributed by atoms with Gasteiger partial charge in [-0.3, -0.25) is 24.2 Å². The maximum Gasteiger partial charge on any atom is 0.257 e. The molecule has 3 aliphatic heterocycles. The lowest BCUT2D eigenvalue weighted by Crippen LogP contribution is -2.62. The zero-order valence-corrected chi connectivity index (χ0v) is 19.7. The highest BCUT2D eigenvalue weighted by Gasteiger charge is 2.52. The van der Waals surface area contributed by atoms with E-state index in [-0.39, 0.29) is 36.7 Å². The number of benzene rings is 1. The van der Waals surface area contributed by atoms with E-state index in [0.29, 0.717) is 30.6 Å². The lowest BCUT2D eigenvalue weighted by Gasteiger charge is -2.48. The molecule has 5 rings (SSSR count). The van der Waals surface area contributed by atoms with E-state index in [9.17, 15) is 14.4 Å². The minimum absolute atomic E-state index is 0.00297. The molecule has 0 saturated carbocycles. The molecule has 180 valence electrons. The number of carbonyl (C=O) groups excluding carboxylic acids is 3. The Morgan fingerprint density at radius 3 is 2.68 bits per heavy atom. The van der Waals surface area contributed by atoms with Crippen molar-refractivity contribution in [1.82, 2.24) is 15.1 Å². The number of nitrogens with zero attached hydrogens (tertiary/aromatic N) is 3. The van der Waals surface area contributed by atoms with Crippen molar-refractivity contribution in [3.8, 4) is 0 Å². The summed E-state index contributed by atoms with van der Waals surface area (Å²) in [6, 6.07) is 11.1. The maximum atomic E-state index is 13.3. The minimum atomic E-state index is -0.743. The highest BCUT2D eigenvalue weighted by Crippen LogP contribution is 2.43. The van der Waals surface area contributed by atoms with E-state index in [4.69, 9.17) is 4.42 Å². The van der Waals surface area contributed by atoms with Crippen LogP contribution in [0.4, 0.5) is 5.69 Å². The molecule has 2 atom stereocenters. The molecule has 8 heteroatoms. The molecule has 3 aliphatic rings. The van der Waals surface area contributed by atoms with E-state index in [1.165, 1.54) is 6.42 Å². The smallest absolute Gasteiger partial charge is 0.257 e. The van der Waals surface area contributed by atoms with Crippen molar-refractivity contribution in [2.24, 2.45) is 0 Å². The Hall–Kier alpha value is -3.13. The second kappa shape index (κ2) is 9.25. The van der Waals surface area contributed by atoms with Crippen LogP contribution < -0.4 is 10.2 Å². The number of carbonyl (C=O) groups is 3. The van der Waals surface area contributed by atoms with Crippen molar-refractivity contribution in [3.05, 3.63) is 54.0 Å². The Morgan fingerprint density at radius 1 is 1.12 bits per heavy atom. The van der Waals surface area contributed by atoms with Gasteiger partial charge in [-0.1, -0.05) is 18.6 Å². The Balaban J connectivity index is 1.26. The number of fused-ring (bicyclic) bond motifs is 3. The van der Waals surface area contributed by atoms with Crippen LogP contribution in [0.3, 0.4) is 0 Å². The summed E-state index contributed by atoms with van der Waals surface area (Å²) in [7, 11) is 0. The van der Waals surface area contributed by atoms with Crippen LogP contribution in [-0.4, -0.2) is 59.4 Å². The summed E-state index contributed by atoms with van der Waals surface area (Å²) < 4.78 is 5.67. The van der Waals surface area contributed by atoms with Crippen LogP contribution in [0.25, 0.3) is 0 Å². The van der Waals surface area contributed by atoms with Gasteiger partial charge in [-0.05, 0) is 63.5 Å². The first-order chi connectivity index (χ1) is 16.5. The van der Waals surface area contributed by atoms with E-state index in [2.05, 4.69) is 10.2 Å². The maximum absolute atomic E-state index is 13.3. The van der Waals surface area contributed by atoms with Gasteiger partial charge in [0.1, 0.15) is 11.4 Å². The first-order valence-corrected chi connectivity index (χ1v) is 12.3. The van der Waals surface area contributed by atoms with E-state index >= 15 is 0 Å². The van der Waals surface area contributed by atoms with E-state index in [1.54, 1.807) is 28.2 Å². The molecule has 1 N–H and O–H groups in total. The average molecular weight is 465 g/mol. The summed E-state index contributed by atoms with van der Waals surface area (Å²) in [5.74, 6) is 0.635. The number of hydrogen-bond donors (Lipinski definition) is 1. The fourth-order valence-corrected chi connectivity index (χ4v) is 5.67. The third-order valence-corrected chi connectivity index (χ3v) is 7.50. The van der Waals surface area contributed by atoms with Crippen molar-refractivity contribution in [2.45, 2.75) is 57.2 Å². The van der Waals surface area contributed by atoms with Gasteiger partial charge in [-0.15, -0.1) is 0 Å². The molecule has 4 heterocycles. The number of para-hydroxylation sites is 1. The number of piperidine rings is 1. The molecule has 0 bridgehead atoms. The Labute approximate surface area is 199 Å². The Kier molecular flexibility index (Phi) is 6.16. The van der Waals surface area contributed by atoms with Gasteiger partial charge in [-0.2, -0.15) is 0 Å². The Morgan fingerprint density at radius 2 is 1.91 bits per heavy atom. The summed E-state index contributed by atoms with van der Waals surface area (Å²) in [6.07, 6.45) is 6.33. The lowest BCUT2D eigenvalue weighted by molar-refractivity contribution is -0.121. The summed E-state index contributed by atoms with van der Waals surface area (Å²) in [4.78, 5) is 44.7. The molecule has 2 fully saturated rings. The topological polar surface area (TPSA) is 86.1 Å². The second-order valence-electron chi connectivity index (χ2n) is 9.60. The van der Waals surface area contributed by atoms with Gasteiger partial charge < -0.3 is 14.6 Å². The monoisotopic (exact) mass is 464 g/mol. The summed E-state index contributed by atoms with van der Waals surface area (Å²) in [6.45, 7) is 4.63. The predicted octanol–water partition coefficient (Wildman–Crippen LogP) is 3.31. The molecule has 0 radical (unpaired) electrons. The first kappa shape index (κ1) is 22.7. The molecule has 8 nitrogen and oxygen atoms in total. The fourth-order valence-electron chi connectivity index (χ4n) is 5.67. The molecule has 2 unspecified atom stereocenters. The molecule has 1 aromatic carbocycles. The van der Waals surface area contributed by atoms with Crippen molar-refractivity contribution < 1.29 is 18.8 Å². The molecule has 0 spiro atoms. The third kappa shape index (κ3) is 4.00. The van der Waals surface area contributed by atoms with Crippen LogP contribution >= 0.6 is 0 Å². The lowest BCUT2D eigenvalue weighted by atomic mass is 9.98. The van der Waals surface area contributed by atoms with Gasteiger partial charge in [0.25, 0.3) is 5.91 Å². The second-order valence-corrected chi connectivity index (χ2v) is 9.60. The van der Waals surface area contributed by atoms with Crippen LogP contribution in [0.1, 0.15) is 67.6 Å². The number of amides is 3. The summed E-state index contributed by atoms with van der Waals surface area (Å²) in [5, 5.41) is 3.06. The first-order valence-electron chi connectivity index (χ1n) is 12.3. The van der Waals surface area contributed by atoms with E-state index in [1.807, 2.05) is 31.2 Å². The number of likely N-dealkylation sites (tertiary alicyclic amines) is 1. The fraction of sp³-hybridized carbons (Fsp3) is 0.500. The van der Waals surface area contributed by atoms with Crippen molar-refractivity contribution >= 4 is 23.4 Å². The molecular weight excluding hydrogens is 432 g/mol. The normalized spacial score (nSPS) is 23.6. The standard InChI is InChI=1S/C26H32N4O4/c1-26-13-11-24(32)30(26)20-9-4-3-8-19(20)25(33)29(26)16-12-23(31)27-18-21(22-10-7-17-34-22)28-14-5-2-6-15-28/h3-4,7-10,17,21H,2,5-6,11-16,18H2,1H3,(H,27,31). The largest absolute Gasteiger partial charge is 0.468 e. The van der Waals surface area contributed by atoms with Crippen LogP contribution in [0, 0.1) is 0 Å². The number of anilines is 1. The number of nitrogens with one attached hydrogen (secondary N) is 1. The van der Waals surface area contributed by atoms with E-state index in [0.717, 1.165) is 31.7 Å². The Bertz CT molecular complexity index is 1060. The quantitative estimate of drug-likeness (QED) is 0.680. The highest BCUT2D eigenvalue weighted by molar-refractivity contribution is 6.10. The van der Waals surface area contributed by atoms with E-state index < -0.39 is 5.66 Å². The van der Waals surface area contributed by atoms with Crippen LogP contribution in [-0.2, 0) is 9.59 Å². The van der Waals surface area contributed by atoms with Gasteiger partial charge >= 0.3 is 0 Å². The van der Waals surface area contributed by atoms with Crippen molar-refractivity contribution in [1.29, 1.82) is 0 Å². The van der Waals surface area contributed by atoms with Crippen molar-refractivity contribution in [2.75, 3.05) is 31.1 Å². The molecule has 0 aliphatic carbocycles. The molecule has 1 aromatic heterocycles. The molecule has 2 aromatic rings. The number of rotatable bonds is 7. The predicted molar refractivity (Wildman–Crippen MR) is 127 cm³/mol. The third-order valence-electron chi connectivity index (χ3n) is 7.50. The molecule has 2 saturated heterocycles. The highest BCUT2D eigenvalue weighted by atomic mass is 16.3. The zero-order valence-electron chi connectivity index (χ0n) is 19.7. The minimum Gasteiger partial charge on any atom is -0.468 e. The van der Waals surface area contributed by atoms with Crippen LogP contribution in [0.5, 0.6) is 0 Å². The van der Waals surface area contributed by atoms with Gasteiger partial charge in [0.15, 0.2) is 0 Å². The van der Waals surface area contributed by atoms with Gasteiger partial charge in [0, 0.05) is 25.9 Å². The van der Waals surface area contributed by atoms with Crippen molar-refractivity contribution in [3.63, 3.8) is 0 Å². The van der Waals surface area contributed by atoms with Gasteiger partial charge in [0.05, 0.1) is 23.6 Å². The average Bonchev–Trinajstić information content (AvgIpc) is 3.48. The zero-order chi connectivity index (χ0) is 23.7. The summed E-state index contributed by atoms with van der Waals surface area (Å²) in [5.41, 5.74) is 0.437. The SMILES string of the molecule is CC12CCC(=O)N1c1ccccc1C(=O)N2CCC(=O)NCC(c1ccco1)N1CCCCC1. The summed E-state index contributed by atoms with van der Waals surface area (Å²) >= 11 is 0. The van der Waals surface area contributed by atoms with Crippen LogP contribution in [0.15, 0.2) is 47.1 Å². The number of furan rings is 1. The van der Waals surface area contributed by atoms with Gasteiger partial charge in [0.2, 0.25) is 11.8 Å². The number of hydrogen-bond acceptors (Lipinski definition) is 5. The van der Waals surface area contributed by atoms with Crippen LogP contribution in [0.2, 0.25) is 0 Å². The molecule has 3 amide bonds.